The van der Waals surface area contributed by atoms with Crippen LogP contribution in [0.25, 0.3) is 28.2 Å². The molecule has 6 nitrogen and oxygen atoms in total. The summed E-state index contributed by atoms with van der Waals surface area (Å²) in [6, 6.07) is 9.36. The molecule has 0 saturated heterocycles. The maximum atomic E-state index is 12.5. The summed E-state index contributed by atoms with van der Waals surface area (Å²) in [6.07, 6.45) is 6.51. The number of nitrogens with zero attached hydrogens (tertiary/aromatic N) is 2. The molecule has 4 aromatic rings. The number of ketones is 1. The summed E-state index contributed by atoms with van der Waals surface area (Å²) < 4.78 is 0. The zero-order chi connectivity index (χ0) is 19.7. The van der Waals surface area contributed by atoms with Crippen LogP contribution < -0.4 is 5.73 Å². The number of hydrogen-bond acceptors (Lipinski definition) is 5. The molecule has 0 unspecified atom stereocenters. The third-order valence-electron chi connectivity index (χ3n) is 4.28. The molecule has 1 aromatic carbocycles. The highest BCUT2D eigenvalue weighted by atomic mass is 32.1. The van der Waals surface area contributed by atoms with Crippen molar-refractivity contribution < 1.29 is 9.59 Å². The SMILES string of the molecule is Cc1csc(C(=O)c2ccc(-c3cnc4[nH]cc(C=CC(N)=O)c4c3)cc2)n1. The minimum atomic E-state index is -0.505. The maximum absolute atomic E-state index is 12.5. The highest BCUT2D eigenvalue weighted by Gasteiger charge is 2.13. The van der Waals surface area contributed by atoms with Gasteiger partial charge in [-0.1, -0.05) is 24.3 Å². The molecule has 138 valence electrons. The third kappa shape index (κ3) is 3.47. The summed E-state index contributed by atoms with van der Waals surface area (Å²) in [4.78, 5) is 35.2. The average Bonchev–Trinajstić information content (AvgIpc) is 3.31. The molecular weight excluding hydrogens is 372 g/mol. The van der Waals surface area contributed by atoms with Gasteiger partial charge < -0.3 is 10.7 Å². The molecule has 0 bridgehead atoms. The number of aryl methyl sites for hydroxylation is 1. The van der Waals surface area contributed by atoms with Crippen LogP contribution in [-0.4, -0.2) is 26.6 Å². The molecule has 0 saturated carbocycles. The lowest BCUT2D eigenvalue weighted by molar-refractivity contribution is -0.113. The molecule has 0 fully saturated rings. The minimum absolute atomic E-state index is 0.0808. The number of aromatic amines is 1. The van der Waals surface area contributed by atoms with E-state index in [2.05, 4.69) is 15.0 Å². The van der Waals surface area contributed by atoms with Crippen molar-refractivity contribution in [2.45, 2.75) is 6.92 Å². The topological polar surface area (TPSA) is 102 Å². The first-order valence-corrected chi connectivity index (χ1v) is 9.41. The largest absolute Gasteiger partial charge is 0.366 e. The van der Waals surface area contributed by atoms with Gasteiger partial charge in [0.2, 0.25) is 11.7 Å². The molecule has 0 aliphatic heterocycles. The van der Waals surface area contributed by atoms with E-state index in [1.165, 1.54) is 17.4 Å². The van der Waals surface area contributed by atoms with Gasteiger partial charge in [0.25, 0.3) is 0 Å². The standard InChI is InChI=1S/C21H16N4O2S/c1-12-11-28-21(25-12)19(27)14-4-2-13(3-5-14)16-8-17-15(6-7-18(22)26)9-23-20(17)24-10-16/h2-11H,1H3,(H2,22,26)(H,23,24). The number of primary amides is 1. The number of rotatable bonds is 5. The first-order valence-electron chi connectivity index (χ1n) is 8.53. The Morgan fingerprint density at radius 1 is 1.18 bits per heavy atom. The Morgan fingerprint density at radius 3 is 2.64 bits per heavy atom. The molecule has 0 aliphatic carbocycles. The van der Waals surface area contributed by atoms with Gasteiger partial charge in [-0.05, 0) is 24.6 Å². The number of pyridine rings is 1. The fraction of sp³-hybridized carbons (Fsp3) is 0.0476. The Morgan fingerprint density at radius 2 is 1.96 bits per heavy atom. The fourth-order valence-corrected chi connectivity index (χ4v) is 3.64. The zero-order valence-electron chi connectivity index (χ0n) is 15.0. The van der Waals surface area contributed by atoms with Crippen molar-refractivity contribution in [3.63, 3.8) is 0 Å². The summed E-state index contributed by atoms with van der Waals surface area (Å²) in [7, 11) is 0. The van der Waals surface area contributed by atoms with Crippen molar-refractivity contribution in [3.05, 3.63) is 76.0 Å². The van der Waals surface area contributed by atoms with E-state index in [1.807, 2.05) is 30.5 Å². The van der Waals surface area contributed by atoms with Gasteiger partial charge in [-0.25, -0.2) is 9.97 Å². The number of amides is 1. The minimum Gasteiger partial charge on any atom is -0.366 e. The number of fused-ring (bicyclic) bond motifs is 1. The lowest BCUT2D eigenvalue weighted by Crippen LogP contribution is -2.04. The number of nitrogens with two attached hydrogens (primary N) is 1. The number of thiazole rings is 1. The molecule has 0 aliphatic rings. The number of carbonyl (C=O) groups is 2. The van der Waals surface area contributed by atoms with Crippen LogP contribution in [0.5, 0.6) is 0 Å². The molecule has 7 heteroatoms. The predicted molar refractivity (Wildman–Crippen MR) is 110 cm³/mol. The first-order chi connectivity index (χ1) is 13.5. The van der Waals surface area contributed by atoms with E-state index >= 15 is 0 Å². The van der Waals surface area contributed by atoms with Gasteiger partial charge in [-0.2, -0.15) is 0 Å². The number of aromatic nitrogens is 3. The van der Waals surface area contributed by atoms with Crippen LogP contribution in [0.3, 0.4) is 0 Å². The summed E-state index contributed by atoms with van der Waals surface area (Å²) in [5, 5.41) is 3.24. The molecule has 0 radical (unpaired) electrons. The Kier molecular flexibility index (Phi) is 4.58. The van der Waals surface area contributed by atoms with Crippen molar-refractivity contribution in [3.8, 4) is 11.1 Å². The quantitative estimate of drug-likeness (QED) is 0.402. The number of benzene rings is 1. The van der Waals surface area contributed by atoms with Gasteiger partial charge in [-0.3, -0.25) is 9.59 Å². The lowest BCUT2D eigenvalue weighted by Gasteiger charge is -2.04. The number of H-pyrrole nitrogens is 1. The monoisotopic (exact) mass is 388 g/mol. The second-order valence-corrected chi connectivity index (χ2v) is 7.16. The number of carbonyl (C=O) groups excluding carboxylic acids is 2. The second kappa shape index (κ2) is 7.21. The molecule has 3 heterocycles. The van der Waals surface area contributed by atoms with Crippen LogP contribution >= 0.6 is 11.3 Å². The van der Waals surface area contributed by atoms with E-state index in [9.17, 15) is 9.59 Å². The van der Waals surface area contributed by atoms with Crippen molar-refractivity contribution in [1.29, 1.82) is 0 Å². The smallest absolute Gasteiger partial charge is 0.241 e. The van der Waals surface area contributed by atoms with Gasteiger partial charge >= 0.3 is 0 Å². The van der Waals surface area contributed by atoms with Gasteiger partial charge in [0.15, 0.2) is 5.01 Å². The van der Waals surface area contributed by atoms with Gasteiger partial charge in [0.05, 0.1) is 0 Å². The number of hydrogen-bond donors (Lipinski definition) is 2. The Balaban J connectivity index is 1.65. The molecular formula is C21H16N4O2S. The van der Waals surface area contributed by atoms with Crippen LogP contribution in [0.2, 0.25) is 0 Å². The summed E-state index contributed by atoms with van der Waals surface area (Å²) in [6.45, 7) is 1.87. The second-order valence-electron chi connectivity index (χ2n) is 6.30. The zero-order valence-corrected chi connectivity index (χ0v) is 15.8. The molecule has 0 atom stereocenters. The Hall–Kier alpha value is -3.58. The van der Waals surface area contributed by atoms with Gasteiger partial charge in [0.1, 0.15) is 5.65 Å². The highest BCUT2D eigenvalue weighted by molar-refractivity contribution is 7.12. The van der Waals surface area contributed by atoms with Crippen LogP contribution in [0.4, 0.5) is 0 Å². The van der Waals surface area contributed by atoms with E-state index in [0.29, 0.717) is 10.6 Å². The van der Waals surface area contributed by atoms with Crippen LogP contribution in [0.1, 0.15) is 26.6 Å². The number of nitrogens with one attached hydrogen (secondary N) is 1. The van der Waals surface area contributed by atoms with Crippen LogP contribution in [0, 0.1) is 6.92 Å². The van der Waals surface area contributed by atoms with Gasteiger partial charge in [0, 0.05) is 51.6 Å². The molecule has 3 aromatic heterocycles. The predicted octanol–water partition coefficient (Wildman–Crippen LogP) is 3.72. The van der Waals surface area contributed by atoms with Crippen molar-refractivity contribution >= 4 is 40.1 Å². The van der Waals surface area contributed by atoms with Gasteiger partial charge in [-0.15, -0.1) is 11.3 Å². The summed E-state index contributed by atoms with van der Waals surface area (Å²) in [5.41, 5.74) is 10.0. The lowest BCUT2D eigenvalue weighted by atomic mass is 10.0. The molecule has 0 spiro atoms. The van der Waals surface area contributed by atoms with Crippen LogP contribution in [0.15, 0.2) is 54.2 Å². The highest BCUT2D eigenvalue weighted by Crippen LogP contribution is 2.26. The van der Waals surface area contributed by atoms with E-state index in [4.69, 9.17) is 5.73 Å². The molecule has 1 amide bonds. The molecule has 28 heavy (non-hydrogen) atoms. The van der Waals surface area contributed by atoms with Crippen molar-refractivity contribution in [1.82, 2.24) is 15.0 Å². The first kappa shape index (κ1) is 17.8. The summed E-state index contributed by atoms with van der Waals surface area (Å²) >= 11 is 1.35. The van der Waals surface area contributed by atoms with E-state index in [-0.39, 0.29) is 5.78 Å². The Labute approximate surface area is 164 Å². The third-order valence-corrected chi connectivity index (χ3v) is 5.24. The molecule has 3 N–H and O–H groups in total. The van der Waals surface area contributed by atoms with E-state index in [1.54, 1.807) is 30.6 Å². The fourth-order valence-electron chi connectivity index (χ4n) is 2.89. The van der Waals surface area contributed by atoms with Crippen molar-refractivity contribution in [2.75, 3.05) is 0 Å². The molecule has 4 rings (SSSR count). The van der Waals surface area contributed by atoms with Crippen molar-refractivity contribution in [2.24, 2.45) is 5.73 Å². The average molecular weight is 388 g/mol. The summed E-state index contributed by atoms with van der Waals surface area (Å²) in [5.74, 6) is -0.586. The normalized spacial score (nSPS) is 11.3. The van der Waals surface area contributed by atoms with Crippen LogP contribution in [-0.2, 0) is 4.79 Å². The Bertz CT molecular complexity index is 1220. The maximum Gasteiger partial charge on any atom is 0.241 e. The van der Waals surface area contributed by atoms with E-state index in [0.717, 1.165) is 33.4 Å². The van der Waals surface area contributed by atoms with E-state index < -0.39 is 5.91 Å².